The van der Waals surface area contributed by atoms with Crippen LogP contribution in [-0.2, 0) is 6.54 Å². The molecular formula is C16H15N. The maximum absolute atomic E-state index is 5.18. The minimum atomic E-state index is 0.612. The first-order valence-corrected chi connectivity index (χ1v) is 5.68. The van der Waals surface area contributed by atoms with Gasteiger partial charge in [0.15, 0.2) is 0 Å². The molecule has 0 amide bonds. The largest absolute Gasteiger partial charge is 0.302 e. The topological polar surface area (TPSA) is 12.0 Å². The minimum Gasteiger partial charge on any atom is -0.302 e. The fourth-order valence-corrected chi connectivity index (χ4v) is 1.72. The molecule has 0 heterocycles. The molecule has 0 bridgehead atoms. The maximum atomic E-state index is 5.18. The van der Waals surface area contributed by atoms with Crippen LogP contribution < -0.4 is 5.32 Å². The van der Waals surface area contributed by atoms with E-state index in [4.69, 9.17) is 6.42 Å². The van der Waals surface area contributed by atoms with Crippen LogP contribution in [0.4, 0.5) is 0 Å². The van der Waals surface area contributed by atoms with Gasteiger partial charge >= 0.3 is 0 Å². The average Bonchev–Trinajstić information content (AvgIpc) is 2.41. The molecule has 0 fully saturated rings. The first-order valence-electron chi connectivity index (χ1n) is 5.68. The molecular weight excluding hydrogens is 206 g/mol. The fraction of sp³-hybridized carbons (Fsp3) is 0.125. The molecule has 0 aliphatic rings. The molecule has 17 heavy (non-hydrogen) atoms. The Balaban J connectivity index is 2.06. The van der Waals surface area contributed by atoms with E-state index in [2.05, 4.69) is 59.8 Å². The van der Waals surface area contributed by atoms with E-state index >= 15 is 0 Å². The van der Waals surface area contributed by atoms with Crippen LogP contribution in [0.1, 0.15) is 5.56 Å². The van der Waals surface area contributed by atoms with E-state index in [0.29, 0.717) is 6.54 Å². The second-order valence-corrected chi connectivity index (χ2v) is 3.87. The third-order valence-electron chi connectivity index (χ3n) is 2.62. The lowest BCUT2D eigenvalue weighted by atomic mass is 10.0. The summed E-state index contributed by atoms with van der Waals surface area (Å²) in [6, 6.07) is 18.9. The van der Waals surface area contributed by atoms with Gasteiger partial charge in [0.25, 0.3) is 0 Å². The quantitative estimate of drug-likeness (QED) is 0.618. The lowest BCUT2D eigenvalue weighted by Gasteiger charge is -2.04. The maximum Gasteiger partial charge on any atom is 0.0576 e. The lowest BCUT2D eigenvalue weighted by molar-refractivity contribution is 0.770. The molecule has 0 radical (unpaired) electrons. The lowest BCUT2D eigenvalue weighted by Crippen LogP contribution is -2.12. The van der Waals surface area contributed by atoms with Gasteiger partial charge in [0.1, 0.15) is 0 Å². The molecule has 0 saturated heterocycles. The highest BCUT2D eigenvalue weighted by Gasteiger charge is 1.96. The Morgan fingerprint density at radius 2 is 1.53 bits per heavy atom. The van der Waals surface area contributed by atoms with Crippen molar-refractivity contribution in [3.63, 3.8) is 0 Å². The van der Waals surface area contributed by atoms with Gasteiger partial charge in [-0.05, 0) is 16.7 Å². The Hall–Kier alpha value is -2.04. The molecule has 2 rings (SSSR count). The summed E-state index contributed by atoms with van der Waals surface area (Å²) in [5, 5.41) is 3.17. The predicted molar refractivity (Wildman–Crippen MR) is 72.4 cm³/mol. The Morgan fingerprint density at radius 1 is 0.882 bits per heavy atom. The summed E-state index contributed by atoms with van der Waals surface area (Å²) in [6.07, 6.45) is 5.18. The zero-order valence-corrected chi connectivity index (χ0v) is 9.69. The summed E-state index contributed by atoms with van der Waals surface area (Å²) in [5.41, 5.74) is 3.74. The standard InChI is InChI=1S/C16H15N/c1-2-12-17-13-14-8-10-16(11-9-14)15-6-4-3-5-7-15/h1,3-11,17H,12-13H2. The summed E-state index contributed by atoms with van der Waals surface area (Å²) in [4.78, 5) is 0. The molecule has 2 aromatic carbocycles. The van der Waals surface area contributed by atoms with Crippen molar-refractivity contribution in [1.82, 2.24) is 5.32 Å². The molecule has 0 unspecified atom stereocenters. The van der Waals surface area contributed by atoms with Crippen LogP contribution in [0.5, 0.6) is 0 Å². The molecule has 0 spiro atoms. The van der Waals surface area contributed by atoms with Crippen molar-refractivity contribution >= 4 is 0 Å². The van der Waals surface area contributed by atoms with Crippen LogP contribution in [0.15, 0.2) is 54.6 Å². The molecule has 2 aromatic rings. The van der Waals surface area contributed by atoms with Crippen molar-refractivity contribution in [2.45, 2.75) is 6.54 Å². The Labute approximate surface area is 102 Å². The van der Waals surface area contributed by atoms with Gasteiger partial charge in [-0.3, -0.25) is 0 Å². The van der Waals surface area contributed by atoms with Crippen LogP contribution in [-0.4, -0.2) is 6.54 Å². The summed E-state index contributed by atoms with van der Waals surface area (Å²) in [5.74, 6) is 2.56. The van der Waals surface area contributed by atoms with E-state index in [1.54, 1.807) is 0 Å². The molecule has 1 heteroatoms. The number of nitrogens with one attached hydrogen (secondary N) is 1. The van der Waals surface area contributed by atoms with Crippen LogP contribution >= 0.6 is 0 Å². The van der Waals surface area contributed by atoms with Crippen molar-refractivity contribution in [2.24, 2.45) is 0 Å². The molecule has 1 N–H and O–H groups in total. The second kappa shape index (κ2) is 5.89. The molecule has 0 atom stereocenters. The highest BCUT2D eigenvalue weighted by atomic mass is 14.8. The third kappa shape index (κ3) is 3.21. The highest BCUT2D eigenvalue weighted by molar-refractivity contribution is 5.63. The van der Waals surface area contributed by atoms with Gasteiger partial charge in [0.2, 0.25) is 0 Å². The molecule has 1 nitrogen and oxygen atoms in total. The zero-order valence-electron chi connectivity index (χ0n) is 9.69. The fourth-order valence-electron chi connectivity index (χ4n) is 1.72. The monoisotopic (exact) mass is 221 g/mol. The van der Waals surface area contributed by atoms with Gasteiger partial charge in [-0.2, -0.15) is 0 Å². The summed E-state index contributed by atoms with van der Waals surface area (Å²) < 4.78 is 0. The van der Waals surface area contributed by atoms with Crippen molar-refractivity contribution in [3.05, 3.63) is 60.2 Å². The number of rotatable bonds is 4. The molecule has 0 aliphatic carbocycles. The summed E-state index contributed by atoms with van der Waals surface area (Å²) >= 11 is 0. The highest BCUT2D eigenvalue weighted by Crippen LogP contribution is 2.18. The average molecular weight is 221 g/mol. The Bertz CT molecular complexity index is 491. The first kappa shape index (κ1) is 11.4. The van der Waals surface area contributed by atoms with Gasteiger partial charge < -0.3 is 5.32 Å². The molecule has 84 valence electrons. The van der Waals surface area contributed by atoms with E-state index in [0.717, 1.165) is 6.54 Å². The van der Waals surface area contributed by atoms with Crippen LogP contribution in [0.2, 0.25) is 0 Å². The van der Waals surface area contributed by atoms with Crippen molar-refractivity contribution in [1.29, 1.82) is 0 Å². The summed E-state index contributed by atoms with van der Waals surface area (Å²) in [7, 11) is 0. The summed E-state index contributed by atoms with van der Waals surface area (Å²) in [6.45, 7) is 1.43. The molecule has 0 aliphatic heterocycles. The number of terminal acetylenes is 1. The number of benzene rings is 2. The smallest absolute Gasteiger partial charge is 0.0576 e. The Kier molecular flexibility index (Phi) is 3.96. The van der Waals surface area contributed by atoms with E-state index in [-0.39, 0.29) is 0 Å². The molecule has 0 saturated carbocycles. The molecule has 0 aromatic heterocycles. The van der Waals surface area contributed by atoms with Crippen molar-refractivity contribution in [2.75, 3.05) is 6.54 Å². The SMILES string of the molecule is C#CCNCc1ccc(-c2ccccc2)cc1. The Morgan fingerprint density at radius 3 is 2.18 bits per heavy atom. The van der Waals surface area contributed by atoms with E-state index in [1.165, 1.54) is 16.7 Å². The predicted octanol–water partition coefficient (Wildman–Crippen LogP) is 3.08. The van der Waals surface area contributed by atoms with Crippen LogP contribution in [0.25, 0.3) is 11.1 Å². The number of hydrogen-bond donors (Lipinski definition) is 1. The van der Waals surface area contributed by atoms with E-state index in [1.807, 2.05) is 6.07 Å². The third-order valence-corrected chi connectivity index (χ3v) is 2.62. The van der Waals surface area contributed by atoms with E-state index in [9.17, 15) is 0 Å². The zero-order chi connectivity index (χ0) is 11.9. The first-order chi connectivity index (χ1) is 8.40. The van der Waals surface area contributed by atoms with Crippen molar-refractivity contribution in [3.8, 4) is 23.5 Å². The van der Waals surface area contributed by atoms with Gasteiger partial charge in [0, 0.05) is 6.54 Å². The number of hydrogen-bond acceptors (Lipinski definition) is 1. The van der Waals surface area contributed by atoms with Crippen molar-refractivity contribution < 1.29 is 0 Å². The second-order valence-electron chi connectivity index (χ2n) is 3.87. The van der Waals surface area contributed by atoms with Gasteiger partial charge in [-0.1, -0.05) is 60.5 Å². The van der Waals surface area contributed by atoms with Crippen LogP contribution in [0.3, 0.4) is 0 Å². The van der Waals surface area contributed by atoms with Gasteiger partial charge in [0.05, 0.1) is 6.54 Å². The van der Waals surface area contributed by atoms with Gasteiger partial charge in [-0.15, -0.1) is 6.42 Å². The van der Waals surface area contributed by atoms with Gasteiger partial charge in [-0.25, -0.2) is 0 Å². The minimum absolute atomic E-state index is 0.612. The normalized spacial score (nSPS) is 9.82. The van der Waals surface area contributed by atoms with Crippen LogP contribution in [0, 0.1) is 12.3 Å². The van der Waals surface area contributed by atoms with E-state index < -0.39 is 0 Å².